The smallest absolute Gasteiger partial charge is 0.246 e. The van der Waals surface area contributed by atoms with E-state index in [2.05, 4.69) is 22.5 Å². The number of rotatable bonds is 2. The van der Waals surface area contributed by atoms with Gasteiger partial charge in [-0.3, -0.25) is 9.59 Å². The van der Waals surface area contributed by atoms with E-state index in [0.717, 1.165) is 11.1 Å². The molecule has 20 heavy (non-hydrogen) atoms. The summed E-state index contributed by atoms with van der Waals surface area (Å²) in [6, 6.07) is 5.14. The van der Waals surface area contributed by atoms with Crippen molar-refractivity contribution in [2.75, 3.05) is 11.9 Å². The first kappa shape index (κ1) is 14.1. The number of anilines is 1. The second kappa shape index (κ2) is 6.22. The van der Waals surface area contributed by atoms with Crippen LogP contribution in [0.2, 0.25) is 0 Å². The molecular formula is C15H17N3O2. The largest absolute Gasteiger partial charge is 0.344 e. The molecule has 0 bridgehead atoms. The maximum atomic E-state index is 12.1. The van der Waals surface area contributed by atoms with Crippen molar-refractivity contribution in [3.63, 3.8) is 0 Å². The van der Waals surface area contributed by atoms with Crippen LogP contribution in [0.1, 0.15) is 24.0 Å². The highest BCUT2D eigenvalue weighted by Gasteiger charge is 2.27. The van der Waals surface area contributed by atoms with E-state index in [4.69, 9.17) is 5.73 Å². The van der Waals surface area contributed by atoms with Crippen LogP contribution >= 0.6 is 0 Å². The predicted molar refractivity (Wildman–Crippen MR) is 76.9 cm³/mol. The number of hydrogen-bond donors (Lipinski definition) is 3. The number of carbonyl (C=O) groups is 2. The van der Waals surface area contributed by atoms with Gasteiger partial charge in [-0.25, -0.2) is 0 Å². The molecule has 5 nitrogen and oxygen atoms in total. The molecule has 5 heteroatoms. The van der Waals surface area contributed by atoms with E-state index in [-0.39, 0.29) is 11.8 Å². The highest BCUT2D eigenvalue weighted by atomic mass is 16.2. The van der Waals surface area contributed by atoms with E-state index in [9.17, 15) is 9.59 Å². The Morgan fingerprint density at radius 1 is 1.55 bits per heavy atom. The second-order valence-corrected chi connectivity index (χ2v) is 4.68. The molecular weight excluding hydrogens is 254 g/mol. The van der Waals surface area contributed by atoms with Crippen LogP contribution in [0, 0.1) is 18.8 Å². The van der Waals surface area contributed by atoms with Gasteiger partial charge in [-0.1, -0.05) is 17.9 Å². The van der Waals surface area contributed by atoms with Crippen molar-refractivity contribution >= 4 is 17.5 Å². The van der Waals surface area contributed by atoms with Crippen molar-refractivity contribution in [3.8, 4) is 11.8 Å². The van der Waals surface area contributed by atoms with Crippen LogP contribution in [0.4, 0.5) is 5.69 Å². The summed E-state index contributed by atoms with van der Waals surface area (Å²) in [5.74, 6) is 5.43. The zero-order valence-corrected chi connectivity index (χ0v) is 11.3. The number of aryl methyl sites for hydroxylation is 1. The molecule has 0 spiro atoms. The Labute approximate surface area is 117 Å². The van der Waals surface area contributed by atoms with E-state index in [1.165, 1.54) is 0 Å². The average Bonchev–Trinajstić information content (AvgIpc) is 2.86. The summed E-state index contributed by atoms with van der Waals surface area (Å²) in [5, 5.41) is 5.48. The Kier molecular flexibility index (Phi) is 4.38. The molecule has 1 fully saturated rings. The molecule has 1 saturated heterocycles. The molecule has 0 saturated carbocycles. The average molecular weight is 271 g/mol. The van der Waals surface area contributed by atoms with Crippen molar-refractivity contribution in [1.29, 1.82) is 0 Å². The van der Waals surface area contributed by atoms with E-state index in [1.54, 1.807) is 0 Å². The van der Waals surface area contributed by atoms with Crippen molar-refractivity contribution in [1.82, 2.24) is 5.32 Å². The van der Waals surface area contributed by atoms with Gasteiger partial charge in [-0.05, 0) is 31.0 Å². The molecule has 1 aliphatic heterocycles. The second-order valence-electron chi connectivity index (χ2n) is 4.68. The normalized spacial score (nSPS) is 17.1. The minimum atomic E-state index is -0.444. The fraction of sp³-hybridized carbons (Fsp3) is 0.333. The number of hydrogen-bond acceptors (Lipinski definition) is 3. The lowest BCUT2D eigenvalue weighted by Crippen LogP contribution is -2.37. The van der Waals surface area contributed by atoms with Gasteiger partial charge in [0.25, 0.3) is 0 Å². The summed E-state index contributed by atoms with van der Waals surface area (Å²) < 4.78 is 0. The van der Waals surface area contributed by atoms with Crippen LogP contribution in [-0.4, -0.2) is 24.4 Å². The van der Waals surface area contributed by atoms with Gasteiger partial charge < -0.3 is 16.4 Å². The first-order chi connectivity index (χ1) is 9.60. The fourth-order valence-electron chi connectivity index (χ4n) is 2.02. The van der Waals surface area contributed by atoms with Gasteiger partial charge in [-0.2, -0.15) is 0 Å². The van der Waals surface area contributed by atoms with Gasteiger partial charge in [0.05, 0.1) is 6.54 Å². The lowest BCUT2D eigenvalue weighted by atomic mass is 10.1. The molecule has 2 amide bonds. The van der Waals surface area contributed by atoms with Gasteiger partial charge in [0, 0.05) is 17.7 Å². The highest BCUT2D eigenvalue weighted by Crippen LogP contribution is 2.18. The molecule has 1 unspecified atom stereocenters. The minimum Gasteiger partial charge on any atom is -0.344 e. The van der Waals surface area contributed by atoms with Crippen molar-refractivity contribution in [2.45, 2.75) is 25.8 Å². The number of nitrogens with two attached hydrogens (primary N) is 1. The zero-order valence-electron chi connectivity index (χ0n) is 11.3. The standard InChI is InChI=1S/C15H17N3O2/c1-10-4-5-11(3-2-8-16)9-13(10)18-15(20)12-6-7-14(19)17-12/h4-5,9,12H,6-8,16H2,1H3,(H,17,19)(H,18,20). The third kappa shape index (κ3) is 3.37. The van der Waals surface area contributed by atoms with Gasteiger partial charge in [0.2, 0.25) is 11.8 Å². The Hall–Kier alpha value is -2.32. The topological polar surface area (TPSA) is 84.2 Å². The minimum absolute atomic E-state index is 0.0792. The molecule has 1 heterocycles. The summed E-state index contributed by atoms with van der Waals surface area (Å²) >= 11 is 0. The summed E-state index contributed by atoms with van der Waals surface area (Å²) in [4.78, 5) is 23.2. The summed E-state index contributed by atoms with van der Waals surface area (Å²) in [6.45, 7) is 2.20. The Bertz CT molecular complexity index is 599. The van der Waals surface area contributed by atoms with Crippen LogP contribution in [0.3, 0.4) is 0 Å². The number of carbonyl (C=O) groups excluding carboxylic acids is 2. The molecule has 0 radical (unpaired) electrons. The third-order valence-corrected chi connectivity index (χ3v) is 3.14. The van der Waals surface area contributed by atoms with E-state index in [1.807, 2.05) is 25.1 Å². The van der Waals surface area contributed by atoms with Crippen molar-refractivity contribution < 1.29 is 9.59 Å². The summed E-state index contributed by atoms with van der Waals surface area (Å²) in [7, 11) is 0. The molecule has 1 aliphatic rings. The molecule has 1 aromatic rings. The fourth-order valence-corrected chi connectivity index (χ4v) is 2.02. The number of benzene rings is 1. The predicted octanol–water partition coefficient (Wildman–Crippen LogP) is 0.522. The first-order valence-electron chi connectivity index (χ1n) is 6.50. The Morgan fingerprint density at radius 2 is 2.35 bits per heavy atom. The Balaban J connectivity index is 2.12. The molecule has 0 aliphatic carbocycles. The SMILES string of the molecule is Cc1ccc(C#CCN)cc1NC(=O)C1CCC(=O)N1. The molecule has 104 valence electrons. The quantitative estimate of drug-likeness (QED) is 0.686. The number of nitrogens with one attached hydrogen (secondary N) is 2. The van der Waals surface area contributed by atoms with Gasteiger partial charge in [-0.15, -0.1) is 0 Å². The molecule has 0 aromatic heterocycles. The molecule has 2 rings (SSSR count). The maximum absolute atomic E-state index is 12.1. The van der Waals surface area contributed by atoms with E-state index in [0.29, 0.717) is 25.1 Å². The van der Waals surface area contributed by atoms with Gasteiger partial charge in [0.15, 0.2) is 0 Å². The third-order valence-electron chi connectivity index (χ3n) is 3.14. The Morgan fingerprint density at radius 3 is 3.00 bits per heavy atom. The van der Waals surface area contributed by atoms with E-state index >= 15 is 0 Å². The van der Waals surface area contributed by atoms with Crippen molar-refractivity contribution in [2.24, 2.45) is 5.73 Å². The van der Waals surface area contributed by atoms with Crippen LogP contribution in [0.5, 0.6) is 0 Å². The monoisotopic (exact) mass is 271 g/mol. The number of amides is 2. The highest BCUT2D eigenvalue weighted by molar-refractivity contribution is 5.99. The van der Waals surface area contributed by atoms with Crippen LogP contribution < -0.4 is 16.4 Å². The summed E-state index contributed by atoms with van der Waals surface area (Å²) in [5.41, 5.74) is 7.79. The lowest BCUT2D eigenvalue weighted by molar-refractivity contribution is -0.122. The zero-order chi connectivity index (χ0) is 14.5. The first-order valence-corrected chi connectivity index (χ1v) is 6.50. The van der Waals surface area contributed by atoms with E-state index < -0.39 is 6.04 Å². The lowest BCUT2D eigenvalue weighted by Gasteiger charge is -2.13. The van der Waals surface area contributed by atoms with Crippen molar-refractivity contribution in [3.05, 3.63) is 29.3 Å². The van der Waals surface area contributed by atoms with Crippen LogP contribution in [-0.2, 0) is 9.59 Å². The van der Waals surface area contributed by atoms with Gasteiger partial charge in [0.1, 0.15) is 6.04 Å². The summed E-state index contributed by atoms with van der Waals surface area (Å²) in [6.07, 6.45) is 0.940. The van der Waals surface area contributed by atoms with Gasteiger partial charge >= 0.3 is 0 Å². The molecule has 4 N–H and O–H groups in total. The maximum Gasteiger partial charge on any atom is 0.246 e. The molecule has 1 atom stereocenters. The molecule has 1 aromatic carbocycles. The van der Waals surface area contributed by atoms with Crippen LogP contribution in [0.15, 0.2) is 18.2 Å². The van der Waals surface area contributed by atoms with Crippen LogP contribution in [0.25, 0.3) is 0 Å².